The quantitative estimate of drug-likeness (QED) is 0.821. The fraction of sp³-hybridized carbons (Fsp3) is 0.133. The topological polar surface area (TPSA) is 40.5 Å². The first kappa shape index (κ1) is 15.1. The highest BCUT2D eigenvalue weighted by Gasteiger charge is 2.11. The Balaban J connectivity index is 2.23. The second-order valence-corrected chi connectivity index (χ2v) is 6.13. The lowest BCUT2D eigenvalue weighted by atomic mass is 10.1. The van der Waals surface area contributed by atoms with Crippen LogP contribution in [0.1, 0.15) is 15.9 Å². The van der Waals surface area contributed by atoms with E-state index >= 15 is 0 Å². The Labute approximate surface area is 134 Å². The molecule has 0 saturated heterocycles. The molecule has 0 radical (unpaired) electrons. The maximum atomic E-state index is 10.9. The normalized spacial score (nSPS) is 10.3. The Morgan fingerprint density at radius 2 is 1.85 bits per heavy atom. The second kappa shape index (κ2) is 6.41. The largest absolute Gasteiger partial charge is 0.478 e. The molecule has 2 rings (SSSR count). The molecular weight excluding hydrogens is 386 g/mol. The number of aromatic carboxylic acids is 1. The maximum Gasteiger partial charge on any atom is 0.335 e. The van der Waals surface area contributed by atoms with E-state index in [1.807, 2.05) is 31.3 Å². The van der Waals surface area contributed by atoms with Gasteiger partial charge in [0.2, 0.25) is 0 Å². The van der Waals surface area contributed by atoms with Crippen LogP contribution < -0.4 is 4.90 Å². The van der Waals surface area contributed by atoms with Gasteiger partial charge in [0.15, 0.2) is 0 Å². The molecule has 0 aliphatic rings. The first-order valence-corrected chi connectivity index (χ1v) is 7.55. The first-order chi connectivity index (χ1) is 9.49. The predicted molar refractivity (Wildman–Crippen MR) is 87.4 cm³/mol. The van der Waals surface area contributed by atoms with Crippen LogP contribution >= 0.6 is 31.9 Å². The molecule has 20 heavy (non-hydrogen) atoms. The zero-order chi connectivity index (χ0) is 14.7. The lowest BCUT2D eigenvalue weighted by Gasteiger charge is -2.21. The summed E-state index contributed by atoms with van der Waals surface area (Å²) in [6.45, 7) is 0.729. The number of carbonyl (C=O) groups is 1. The minimum Gasteiger partial charge on any atom is -0.478 e. The Bertz CT molecular complexity index is 644. The molecule has 0 aliphatic carbocycles. The molecule has 0 aromatic heterocycles. The number of carboxylic acid groups (broad SMARTS) is 1. The van der Waals surface area contributed by atoms with Gasteiger partial charge >= 0.3 is 5.97 Å². The summed E-state index contributed by atoms with van der Waals surface area (Å²) in [5.74, 6) is -0.925. The van der Waals surface area contributed by atoms with E-state index in [2.05, 4.69) is 42.8 Å². The van der Waals surface area contributed by atoms with Crippen LogP contribution in [0.5, 0.6) is 0 Å². The lowest BCUT2D eigenvalue weighted by molar-refractivity contribution is 0.0697. The standard InChI is InChI=1S/C15H13Br2NO2/c1-18(9-11-4-2-3-5-12(11)16)14-7-6-10(15(19)20)8-13(14)17/h2-8H,9H2,1H3,(H,19,20). The monoisotopic (exact) mass is 397 g/mol. The molecule has 0 saturated carbocycles. The van der Waals surface area contributed by atoms with Crippen molar-refractivity contribution in [3.05, 3.63) is 62.5 Å². The van der Waals surface area contributed by atoms with Crippen LogP contribution in [-0.4, -0.2) is 18.1 Å². The van der Waals surface area contributed by atoms with Crippen molar-refractivity contribution in [3.63, 3.8) is 0 Å². The highest BCUT2D eigenvalue weighted by molar-refractivity contribution is 9.11. The third kappa shape index (κ3) is 3.41. The lowest BCUT2D eigenvalue weighted by Crippen LogP contribution is -2.17. The van der Waals surface area contributed by atoms with Crippen molar-refractivity contribution in [1.29, 1.82) is 0 Å². The van der Waals surface area contributed by atoms with Crippen LogP contribution in [0, 0.1) is 0 Å². The molecule has 104 valence electrons. The number of halogens is 2. The average molecular weight is 399 g/mol. The predicted octanol–water partition coefficient (Wildman–Crippen LogP) is 4.55. The van der Waals surface area contributed by atoms with E-state index in [1.54, 1.807) is 12.1 Å². The highest BCUT2D eigenvalue weighted by atomic mass is 79.9. The second-order valence-electron chi connectivity index (χ2n) is 4.42. The van der Waals surface area contributed by atoms with E-state index in [0.29, 0.717) is 0 Å². The van der Waals surface area contributed by atoms with Crippen LogP contribution in [0.3, 0.4) is 0 Å². The molecule has 2 aromatic rings. The van der Waals surface area contributed by atoms with Gasteiger partial charge in [0.05, 0.1) is 11.3 Å². The van der Waals surface area contributed by atoms with E-state index in [1.165, 1.54) is 5.56 Å². The molecule has 0 spiro atoms. The molecular formula is C15H13Br2NO2. The van der Waals surface area contributed by atoms with Gasteiger partial charge in [0.1, 0.15) is 0 Å². The number of nitrogens with zero attached hydrogens (tertiary/aromatic N) is 1. The smallest absolute Gasteiger partial charge is 0.335 e. The van der Waals surface area contributed by atoms with Gasteiger partial charge < -0.3 is 10.0 Å². The van der Waals surface area contributed by atoms with E-state index in [0.717, 1.165) is 21.2 Å². The van der Waals surface area contributed by atoms with Gasteiger partial charge in [-0.25, -0.2) is 4.79 Å². The van der Waals surface area contributed by atoms with Crippen molar-refractivity contribution < 1.29 is 9.90 Å². The molecule has 1 N–H and O–H groups in total. The molecule has 0 amide bonds. The Morgan fingerprint density at radius 1 is 1.15 bits per heavy atom. The first-order valence-electron chi connectivity index (χ1n) is 5.96. The number of benzene rings is 2. The van der Waals surface area contributed by atoms with Gasteiger partial charge in [-0.05, 0) is 45.8 Å². The van der Waals surface area contributed by atoms with Crippen molar-refractivity contribution in [2.24, 2.45) is 0 Å². The minimum absolute atomic E-state index is 0.273. The van der Waals surface area contributed by atoms with Gasteiger partial charge in [-0.15, -0.1) is 0 Å². The van der Waals surface area contributed by atoms with Crippen molar-refractivity contribution in [2.75, 3.05) is 11.9 Å². The van der Waals surface area contributed by atoms with Crippen LogP contribution in [0.4, 0.5) is 5.69 Å². The van der Waals surface area contributed by atoms with Gasteiger partial charge in [-0.3, -0.25) is 0 Å². The fourth-order valence-electron chi connectivity index (χ4n) is 1.92. The molecule has 3 nitrogen and oxygen atoms in total. The maximum absolute atomic E-state index is 10.9. The van der Waals surface area contributed by atoms with Crippen LogP contribution in [-0.2, 0) is 6.54 Å². The Hall–Kier alpha value is -1.33. The minimum atomic E-state index is -0.925. The summed E-state index contributed by atoms with van der Waals surface area (Å²) >= 11 is 6.96. The Kier molecular flexibility index (Phi) is 4.83. The summed E-state index contributed by atoms with van der Waals surface area (Å²) in [4.78, 5) is 13.0. The summed E-state index contributed by atoms with van der Waals surface area (Å²) in [6, 6.07) is 13.1. The molecule has 0 aliphatic heterocycles. The molecule has 5 heteroatoms. The fourth-order valence-corrected chi connectivity index (χ4v) is 3.01. The summed E-state index contributed by atoms with van der Waals surface area (Å²) in [5, 5.41) is 8.97. The summed E-state index contributed by atoms with van der Waals surface area (Å²) in [5.41, 5.74) is 2.39. The van der Waals surface area contributed by atoms with Gasteiger partial charge in [0.25, 0.3) is 0 Å². The summed E-state index contributed by atoms with van der Waals surface area (Å²) in [7, 11) is 1.97. The molecule has 0 unspecified atom stereocenters. The molecule has 0 heterocycles. The van der Waals surface area contributed by atoms with E-state index in [-0.39, 0.29) is 5.56 Å². The van der Waals surface area contributed by atoms with Crippen molar-refractivity contribution in [3.8, 4) is 0 Å². The number of hydrogen-bond donors (Lipinski definition) is 1. The van der Waals surface area contributed by atoms with Gasteiger partial charge in [-0.2, -0.15) is 0 Å². The summed E-state index contributed by atoms with van der Waals surface area (Å²) in [6.07, 6.45) is 0. The van der Waals surface area contributed by atoms with Gasteiger partial charge in [-0.1, -0.05) is 34.1 Å². The molecule has 2 aromatic carbocycles. The van der Waals surface area contributed by atoms with Gasteiger partial charge in [0, 0.05) is 22.5 Å². The Morgan fingerprint density at radius 3 is 2.45 bits per heavy atom. The van der Waals surface area contributed by atoms with Crippen LogP contribution in [0.2, 0.25) is 0 Å². The van der Waals surface area contributed by atoms with E-state index in [9.17, 15) is 4.79 Å². The molecule has 0 atom stereocenters. The zero-order valence-corrected chi connectivity index (χ0v) is 14.0. The van der Waals surface area contributed by atoms with Crippen LogP contribution in [0.25, 0.3) is 0 Å². The molecule has 0 fully saturated rings. The van der Waals surface area contributed by atoms with Crippen molar-refractivity contribution >= 4 is 43.5 Å². The average Bonchev–Trinajstić information content (AvgIpc) is 2.41. The molecule has 0 bridgehead atoms. The zero-order valence-electron chi connectivity index (χ0n) is 10.8. The number of rotatable bonds is 4. The van der Waals surface area contributed by atoms with Crippen molar-refractivity contribution in [2.45, 2.75) is 6.54 Å². The third-order valence-corrected chi connectivity index (χ3v) is 4.38. The third-order valence-electron chi connectivity index (χ3n) is 2.97. The number of carboxylic acids is 1. The van der Waals surface area contributed by atoms with E-state index in [4.69, 9.17) is 5.11 Å². The SMILES string of the molecule is CN(Cc1ccccc1Br)c1ccc(C(=O)O)cc1Br. The summed E-state index contributed by atoms with van der Waals surface area (Å²) < 4.78 is 1.83. The van der Waals surface area contributed by atoms with E-state index < -0.39 is 5.97 Å². The number of hydrogen-bond acceptors (Lipinski definition) is 2. The number of anilines is 1. The van der Waals surface area contributed by atoms with Crippen LogP contribution in [0.15, 0.2) is 51.4 Å². The van der Waals surface area contributed by atoms with Crippen molar-refractivity contribution in [1.82, 2.24) is 0 Å². The highest BCUT2D eigenvalue weighted by Crippen LogP contribution is 2.28.